The molecule has 0 atom stereocenters. The molecule has 0 amide bonds. The van der Waals surface area contributed by atoms with Gasteiger partial charge in [-0.3, -0.25) is 0 Å². The van der Waals surface area contributed by atoms with Crippen molar-refractivity contribution < 1.29 is 24.2 Å². The average molecular weight is 360 g/mol. The second kappa shape index (κ2) is 4.79. The Morgan fingerprint density at radius 3 is 2.00 bits per heavy atom. The molecule has 0 bridgehead atoms. The molecule has 0 aliphatic carbocycles. The first-order valence-corrected chi connectivity index (χ1v) is 7.90. The highest BCUT2D eigenvalue weighted by atomic mass is 16.4. The Bertz CT molecular complexity index is 1560. The Labute approximate surface area is 148 Å². The Hall–Kier alpha value is -4.00. The third-order valence-corrected chi connectivity index (χ3v) is 4.96. The summed E-state index contributed by atoms with van der Waals surface area (Å²) in [6.07, 6.45) is 0. The Morgan fingerprint density at radius 1 is 0.704 bits per heavy atom. The largest absolute Gasteiger partial charge is 0.478 e. The fourth-order valence-electron chi connectivity index (χ4n) is 3.92. The second-order valence-electron chi connectivity index (χ2n) is 6.31. The molecule has 0 aliphatic heterocycles. The molecule has 2 N–H and O–H groups in total. The zero-order chi connectivity index (χ0) is 19.0. The Kier molecular flexibility index (Phi) is 2.71. The van der Waals surface area contributed by atoms with E-state index in [1.54, 1.807) is 18.2 Å². The standard InChI is InChI=1S/C20H8O7/c21-17(22)11-5-7-2-4-10-14-8(6-12-16(10)20(26)27-19(12)25)1-3-9(13(7)14)15(11)18(23)24/h1-6H,(H,21,22)(H,23,24). The van der Waals surface area contributed by atoms with Crippen LogP contribution in [0.2, 0.25) is 0 Å². The van der Waals surface area contributed by atoms with E-state index < -0.39 is 23.2 Å². The maximum Gasteiger partial charge on any atom is 0.347 e. The summed E-state index contributed by atoms with van der Waals surface area (Å²) in [6, 6.07) is 9.21. The fraction of sp³-hybridized carbons (Fsp3) is 0. The van der Waals surface area contributed by atoms with E-state index in [2.05, 4.69) is 0 Å². The minimum atomic E-state index is -1.36. The molecular formula is C20H8O7. The van der Waals surface area contributed by atoms with E-state index in [0.717, 1.165) is 0 Å². The molecule has 130 valence electrons. The van der Waals surface area contributed by atoms with Crippen molar-refractivity contribution in [2.24, 2.45) is 0 Å². The molecule has 5 aromatic rings. The predicted octanol–water partition coefficient (Wildman–Crippen LogP) is 2.88. The van der Waals surface area contributed by atoms with E-state index in [1.807, 2.05) is 0 Å². The molecule has 0 unspecified atom stereocenters. The maximum atomic E-state index is 12.1. The van der Waals surface area contributed by atoms with Crippen molar-refractivity contribution in [3.05, 3.63) is 68.4 Å². The first-order chi connectivity index (χ1) is 12.9. The number of benzene rings is 4. The Balaban J connectivity index is 2.16. The maximum absolute atomic E-state index is 12.1. The highest BCUT2D eigenvalue weighted by Gasteiger charge is 2.24. The summed E-state index contributed by atoms with van der Waals surface area (Å²) in [5.41, 5.74) is -2.10. The van der Waals surface area contributed by atoms with Gasteiger partial charge in [-0.1, -0.05) is 24.3 Å². The molecule has 0 saturated heterocycles. The smallest absolute Gasteiger partial charge is 0.347 e. The molecule has 0 fully saturated rings. The van der Waals surface area contributed by atoms with Crippen molar-refractivity contribution in [3.63, 3.8) is 0 Å². The lowest BCUT2D eigenvalue weighted by molar-refractivity contribution is 0.0653. The van der Waals surface area contributed by atoms with Crippen LogP contribution in [0.3, 0.4) is 0 Å². The fourth-order valence-corrected chi connectivity index (χ4v) is 3.92. The van der Waals surface area contributed by atoms with Gasteiger partial charge in [-0.25, -0.2) is 19.2 Å². The summed E-state index contributed by atoms with van der Waals surface area (Å²) in [4.78, 5) is 47.4. The number of aromatic carboxylic acids is 2. The van der Waals surface area contributed by atoms with Crippen LogP contribution in [0.5, 0.6) is 0 Å². The summed E-state index contributed by atoms with van der Waals surface area (Å²) in [5, 5.41) is 22.3. The average Bonchev–Trinajstić information content (AvgIpc) is 2.92. The molecule has 0 aliphatic rings. The van der Waals surface area contributed by atoms with E-state index in [9.17, 15) is 29.4 Å². The van der Waals surface area contributed by atoms with Gasteiger partial charge >= 0.3 is 23.2 Å². The number of rotatable bonds is 2. The van der Waals surface area contributed by atoms with Crippen molar-refractivity contribution in [1.82, 2.24) is 0 Å². The third kappa shape index (κ3) is 1.80. The molecule has 4 aromatic carbocycles. The lowest BCUT2D eigenvalue weighted by Crippen LogP contribution is -2.09. The normalized spacial score (nSPS) is 11.9. The number of furan rings is 1. The zero-order valence-electron chi connectivity index (χ0n) is 13.4. The molecule has 0 radical (unpaired) electrons. The quantitative estimate of drug-likeness (QED) is 0.464. The third-order valence-electron chi connectivity index (χ3n) is 4.96. The van der Waals surface area contributed by atoms with Crippen molar-refractivity contribution in [2.75, 3.05) is 0 Å². The number of hydrogen-bond acceptors (Lipinski definition) is 5. The van der Waals surface area contributed by atoms with E-state index in [-0.39, 0.29) is 27.3 Å². The van der Waals surface area contributed by atoms with Crippen LogP contribution in [0.4, 0.5) is 0 Å². The number of carboxylic acid groups (broad SMARTS) is 2. The van der Waals surface area contributed by atoms with Crippen LogP contribution in [0.15, 0.2) is 50.4 Å². The van der Waals surface area contributed by atoms with Crippen LogP contribution in [0.1, 0.15) is 20.7 Å². The van der Waals surface area contributed by atoms with Crippen LogP contribution in [-0.2, 0) is 0 Å². The van der Waals surface area contributed by atoms with Gasteiger partial charge in [0.2, 0.25) is 0 Å². The monoisotopic (exact) mass is 360 g/mol. The molecule has 0 saturated carbocycles. The first kappa shape index (κ1) is 15.3. The van der Waals surface area contributed by atoms with Crippen LogP contribution >= 0.6 is 0 Å². The van der Waals surface area contributed by atoms with E-state index >= 15 is 0 Å². The van der Waals surface area contributed by atoms with Crippen molar-refractivity contribution in [2.45, 2.75) is 0 Å². The lowest BCUT2D eigenvalue weighted by Gasteiger charge is -2.14. The number of hydrogen-bond donors (Lipinski definition) is 2. The first-order valence-electron chi connectivity index (χ1n) is 7.90. The summed E-state index contributed by atoms with van der Waals surface area (Å²) in [7, 11) is 0. The van der Waals surface area contributed by atoms with Gasteiger partial charge in [-0.15, -0.1) is 0 Å². The molecular weight excluding hydrogens is 352 g/mol. The summed E-state index contributed by atoms with van der Waals surface area (Å²) >= 11 is 0. The number of carbonyl (C=O) groups is 2. The van der Waals surface area contributed by atoms with Crippen LogP contribution in [0.25, 0.3) is 43.1 Å². The topological polar surface area (TPSA) is 122 Å². The second-order valence-corrected chi connectivity index (χ2v) is 6.31. The van der Waals surface area contributed by atoms with Gasteiger partial charge in [0, 0.05) is 0 Å². The van der Waals surface area contributed by atoms with E-state index in [4.69, 9.17) is 4.42 Å². The molecule has 1 aromatic heterocycles. The minimum Gasteiger partial charge on any atom is -0.478 e. The van der Waals surface area contributed by atoms with Gasteiger partial charge in [0.05, 0.1) is 21.9 Å². The van der Waals surface area contributed by atoms with E-state index in [1.165, 1.54) is 18.2 Å². The summed E-state index contributed by atoms with van der Waals surface area (Å²) in [5.74, 6) is -2.70. The van der Waals surface area contributed by atoms with Gasteiger partial charge in [0.25, 0.3) is 0 Å². The van der Waals surface area contributed by atoms with Crippen molar-refractivity contribution >= 4 is 55.0 Å². The molecule has 7 heteroatoms. The van der Waals surface area contributed by atoms with Gasteiger partial charge < -0.3 is 14.6 Å². The van der Waals surface area contributed by atoms with Gasteiger partial charge in [0.1, 0.15) is 0 Å². The molecule has 5 rings (SSSR count). The Morgan fingerprint density at radius 2 is 1.33 bits per heavy atom. The molecule has 7 nitrogen and oxygen atoms in total. The highest BCUT2D eigenvalue weighted by molar-refractivity contribution is 6.31. The summed E-state index contributed by atoms with van der Waals surface area (Å²) in [6.45, 7) is 0. The van der Waals surface area contributed by atoms with Crippen LogP contribution < -0.4 is 11.3 Å². The molecule has 27 heavy (non-hydrogen) atoms. The number of carboxylic acids is 2. The van der Waals surface area contributed by atoms with Crippen LogP contribution in [-0.4, -0.2) is 22.2 Å². The minimum absolute atomic E-state index is 0.140. The molecule has 0 spiro atoms. The van der Waals surface area contributed by atoms with Gasteiger partial charge in [0.15, 0.2) is 0 Å². The van der Waals surface area contributed by atoms with Crippen molar-refractivity contribution in [3.8, 4) is 0 Å². The predicted molar refractivity (Wildman–Crippen MR) is 97.6 cm³/mol. The lowest BCUT2D eigenvalue weighted by atomic mass is 9.88. The SMILES string of the molecule is O=C(O)c1cc2ccc3c4c(=O)oc(=O)c4cc4ccc(c1C(=O)O)c2c43. The van der Waals surface area contributed by atoms with Crippen molar-refractivity contribution in [1.29, 1.82) is 0 Å². The summed E-state index contributed by atoms with van der Waals surface area (Å²) < 4.78 is 4.71. The highest BCUT2D eigenvalue weighted by Crippen LogP contribution is 2.39. The van der Waals surface area contributed by atoms with E-state index in [0.29, 0.717) is 26.9 Å². The van der Waals surface area contributed by atoms with Gasteiger partial charge in [-0.05, 0) is 44.5 Å². The van der Waals surface area contributed by atoms with Crippen LogP contribution in [0, 0.1) is 0 Å². The van der Waals surface area contributed by atoms with Gasteiger partial charge in [-0.2, -0.15) is 0 Å². The number of fused-ring (bicyclic) bond motifs is 2. The molecule has 1 heterocycles. The zero-order valence-corrected chi connectivity index (χ0v) is 13.4.